The molecular formula is C13H12N6O. The van der Waals surface area contributed by atoms with E-state index in [9.17, 15) is 4.79 Å². The van der Waals surface area contributed by atoms with Gasteiger partial charge in [0, 0.05) is 6.08 Å². The Labute approximate surface area is 115 Å². The first-order valence-electron chi connectivity index (χ1n) is 5.91. The van der Waals surface area contributed by atoms with Gasteiger partial charge in [0.2, 0.25) is 5.91 Å². The molecule has 0 aliphatic rings. The second kappa shape index (κ2) is 6.24. The smallest absolute Gasteiger partial charge is 0.244 e. The monoisotopic (exact) mass is 268 g/mol. The number of aromatic nitrogens is 4. The van der Waals surface area contributed by atoms with Crippen molar-refractivity contribution in [2.24, 2.45) is 0 Å². The highest BCUT2D eigenvalue weighted by atomic mass is 16.1. The number of benzene rings is 1. The average Bonchev–Trinajstić information content (AvgIpc) is 2.99. The summed E-state index contributed by atoms with van der Waals surface area (Å²) in [4.78, 5) is 11.7. The van der Waals surface area contributed by atoms with E-state index >= 15 is 0 Å². The van der Waals surface area contributed by atoms with E-state index in [4.69, 9.17) is 5.26 Å². The Morgan fingerprint density at radius 2 is 2.40 bits per heavy atom. The van der Waals surface area contributed by atoms with Crippen molar-refractivity contribution in [3.8, 4) is 6.07 Å². The Balaban J connectivity index is 1.97. The van der Waals surface area contributed by atoms with E-state index in [1.807, 2.05) is 12.1 Å². The van der Waals surface area contributed by atoms with E-state index in [2.05, 4.69) is 25.9 Å². The van der Waals surface area contributed by atoms with Crippen LogP contribution in [0.25, 0.3) is 6.08 Å². The Kier molecular flexibility index (Phi) is 4.19. The molecule has 0 saturated heterocycles. The van der Waals surface area contributed by atoms with Gasteiger partial charge < -0.3 is 5.32 Å². The zero-order chi connectivity index (χ0) is 14.4. The standard InChI is InChI=1S/C13H12N6O/c1-9(13-16-18-19-17-13)15-12(20)6-5-10-3-2-4-11(7-10)8-14/h2-7,9H,1H3,(H,15,20)(H,16,17,18,19). The topological polar surface area (TPSA) is 107 Å². The molecule has 0 radical (unpaired) electrons. The van der Waals surface area contributed by atoms with Crippen LogP contribution < -0.4 is 5.32 Å². The van der Waals surface area contributed by atoms with Gasteiger partial charge in [-0.1, -0.05) is 17.3 Å². The lowest BCUT2D eigenvalue weighted by Crippen LogP contribution is -2.25. The Hall–Kier alpha value is -3.01. The molecule has 1 aromatic heterocycles. The summed E-state index contributed by atoms with van der Waals surface area (Å²) in [7, 11) is 0. The minimum absolute atomic E-state index is 0.273. The van der Waals surface area contributed by atoms with Crippen LogP contribution in [-0.2, 0) is 4.79 Å². The molecule has 0 spiro atoms. The number of nitrogens with one attached hydrogen (secondary N) is 2. The van der Waals surface area contributed by atoms with E-state index < -0.39 is 0 Å². The van der Waals surface area contributed by atoms with Crippen LogP contribution >= 0.6 is 0 Å². The summed E-state index contributed by atoms with van der Waals surface area (Å²) in [5.74, 6) is 0.142. The summed E-state index contributed by atoms with van der Waals surface area (Å²) in [5.41, 5.74) is 1.33. The molecule has 7 heteroatoms. The first-order chi connectivity index (χ1) is 9.69. The van der Waals surface area contributed by atoms with Gasteiger partial charge in [-0.25, -0.2) is 0 Å². The molecular weight excluding hydrogens is 256 g/mol. The molecule has 100 valence electrons. The van der Waals surface area contributed by atoms with Crippen LogP contribution in [0.1, 0.15) is 29.9 Å². The van der Waals surface area contributed by atoms with Gasteiger partial charge in [0.1, 0.15) is 0 Å². The highest BCUT2D eigenvalue weighted by molar-refractivity contribution is 5.91. The maximum absolute atomic E-state index is 11.7. The van der Waals surface area contributed by atoms with Crippen LogP contribution in [-0.4, -0.2) is 26.5 Å². The first kappa shape index (κ1) is 13.4. The number of carbonyl (C=O) groups is 1. The van der Waals surface area contributed by atoms with Gasteiger partial charge in [-0.2, -0.15) is 10.5 Å². The zero-order valence-corrected chi connectivity index (χ0v) is 10.7. The summed E-state index contributed by atoms with van der Waals surface area (Å²) >= 11 is 0. The molecule has 1 aromatic carbocycles. The van der Waals surface area contributed by atoms with Gasteiger partial charge in [-0.3, -0.25) is 4.79 Å². The van der Waals surface area contributed by atoms with Crippen LogP contribution in [0.4, 0.5) is 0 Å². The highest BCUT2D eigenvalue weighted by Crippen LogP contribution is 2.07. The third kappa shape index (κ3) is 3.49. The fourth-order valence-electron chi connectivity index (χ4n) is 1.56. The number of H-pyrrole nitrogens is 1. The van der Waals surface area contributed by atoms with E-state index in [1.165, 1.54) is 6.08 Å². The molecule has 0 saturated carbocycles. The SMILES string of the molecule is CC(NC(=O)C=Cc1cccc(C#N)c1)c1nn[nH]n1. The van der Waals surface area contributed by atoms with Gasteiger partial charge in [-0.05, 0) is 30.7 Å². The lowest BCUT2D eigenvalue weighted by Gasteiger charge is -2.06. The van der Waals surface area contributed by atoms with Gasteiger partial charge >= 0.3 is 0 Å². The number of hydrogen-bond acceptors (Lipinski definition) is 5. The van der Waals surface area contributed by atoms with Crippen LogP contribution in [0.5, 0.6) is 0 Å². The highest BCUT2D eigenvalue weighted by Gasteiger charge is 2.11. The normalized spacial score (nSPS) is 12.0. The number of rotatable bonds is 4. The van der Waals surface area contributed by atoms with Crippen molar-refractivity contribution in [1.82, 2.24) is 25.9 Å². The molecule has 2 N–H and O–H groups in total. The van der Waals surface area contributed by atoms with Crippen molar-refractivity contribution in [3.05, 3.63) is 47.3 Å². The molecule has 0 aliphatic heterocycles. The quantitative estimate of drug-likeness (QED) is 0.803. The summed E-state index contributed by atoms with van der Waals surface area (Å²) in [6.07, 6.45) is 3.03. The molecule has 0 aliphatic carbocycles. The number of nitriles is 1. The first-order valence-corrected chi connectivity index (χ1v) is 5.91. The number of aromatic amines is 1. The number of nitrogens with zero attached hydrogens (tertiary/aromatic N) is 4. The van der Waals surface area contributed by atoms with Crippen molar-refractivity contribution in [2.75, 3.05) is 0 Å². The third-order valence-electron chi connectivity index (χ3n) is 2.55. The molecule has 20 heavy (non-hydrogen) atoms. The van der Waals surface area contributed by atoms with E-state index in [0.29, 0.717) is 11.4 Å². The van der Waals surface area contributed by atoms with Crippen LogP contribution in [0.15, 0.2) is 30.3 Å². The number of tetrazole rings is 1. The molecule has 1 atom stereocenters. The van der Waals surface area contributed by atoms with Gasteiger partial charge in [-0.15, -0.1) is 10.2 Å². The Morgan fingerprint density at radius 1 is 1.55 bits per heavy atom. The Bertz CT molecular complexity index is 656. The number of amides is 1. The molecule has 1 unspecified atom stereocenters. The average molecular weight is 268 g/mol. The fourth-order valence-corrected chi connectivity index (χ4v) is 1.56. The van der Waals surface area contributed by atoms with E-state index in [-0.39, 0.29) is 11.9 Å². The zero-order valence-electron chi connectivity index (χ0n) is 10.7. The van der Waals surface area contributed by atoms with Crippen molar-refractivity contribution in [2.45, 2.75) is 13.0 Å². The van der Waals surface area contributed by atoms with Crippen molar-refractivity contribution in [1.29, 1.82) is 5.26 Å². The van der Waals surface area contributed by atoms with Gasteiger partial charge in [0.15, 0.2) is 5.82 Å². The molecule has 0 bridgehead atoms. The summed E-state index contributed by atoms with van der Waals surface area (Å²) in [5, 5.41) is 24.8. The maximum Gasteiger partial charge on any atom is 0.244 e. The van der Waals surface area contributed by atoms with Crippen molar-refractivity contribution < 1.29 is 4.79 Å². The second-order valence-electron chi connectivity index (χ2n) is 4.07. The van der Waals surface area contributed by atoms with Gasteiger partial charge in [0.05, 0.1) is 17.7 Å². The summed E-state index contributed by atoms with van der Waals surface area (Å²) in [6, 6.07) is 8.69. The molecule has 1 amide bonds. The van der Waals surface area contributed by atoms with E-state index in [0.717, 1.165) is 5.56 Å². The minimum atomic E-state index is -0.337. The fraction of sp³-hybridized carbons (Fsp3) is 0.154. The van der Waals surface area contributed by atoms with Crippen LogP contribution in [0.3, 0.4) is 0 Å². The lowest BCUT2D eigenvalue weighted by molar-refractivity contribution is -0.117. The number of carbonyl (C=O) groups excluding carboxylic acids is 1. The van der Waals surface area contributed by atoms with Crippen molar-refractivity contribution >= 4 is 12.0 Å². The Morgan fingerprint density at radius 3 is 3.10 bits per heavy atom. The summed E-state index contributed by atoms with van der Waals surface area (Å²) in [6.45, 7) is 1.76. The molecule has 7 nitrogen and oxygen atoms in total. The molecule has 2 aromatic rings. The third-order valence-corrected chi connectivity index (χ3v) is 2.55. The predicted octanol–water partition coefficient (Wildman–Crippen LogP) is 0.962. The molecule has 2 rings (SSSR count). The minimum Gasteiger partial charge on any atom is -0.343 e. The molecule has 0 fully saturated rings. The molecule has 1 heterocycles. The van der Waals surface area contributed by atoms with Crippen molar-refractivity contribution in [3.63, 3.8) is 0 Å². The summed E-state index contributed by atoms with van der Waals surface area (Å²) < 4.78 is 0. The van der Waals surface area contributed by atoms with E-state index in [1.54, 1.807) is 31.2 Å². The number of hydrogen-bond donors (Lipinski definition) is 2. The van der Waals surface area contributed by atoms with Crippen LogP contribution in [0, 0.1) is 11.3 Å². The largest absolute Gasteiger partial charge is 0.343 e. The van der Waals surface area contributed by atoms with Crippen LogP contribution in [0.2, 0.25) is 0 Å². The maximum atomic E-state index is 11.7. The lowest BCUT2D eigenvalue weighted by atomic mass is 10.1. The second-order valence-corrected chi connectivity index (χ2v) is 4.07. The van der Waals surface area contributed by atoms with Gasteiger partial charge in [0.25, 0.3) is 0 Å². The predicted molar refractivity (Wildman–Crippen MR) is 70.9 cm³/mol.